The maximum Gasteiger partial charge on any atom is 0.326 e. The van der Waals surface area contributed by atoms with Crippen molar-refractivity contribution in [2.45, 2.75) is 18.9 Å². The lowest BCUT2D eigenvalue weighted by molar-refractivity contribution is -0.147. The van der Waals surface area contributed by atoms with Gasteiger partial charge in [-0.2, -0.15) is 0 Å². The van der Waals surface area contributed by atoms with Gasteiger partial charge in [0.05, 0.1) is 12.4 Å². The van der Waals surface area contributed by atoms with E-state index in [2.05, 4.69) is 0 Å². The summed E-state index contributed by atoms with van der Waals surface area (Å²) in [7, 11) is 1.61. The number of hydrogen-bond acceptors (Lipinski definition) is 4. The highest BCUT2D eigenvalue weighted by Crippen LogP contribution is 2.18. The second kappa shape index (κ2) is 6.75. The molecule has 92 valence electrons. The number of thioether (sulfide) groups is 1. The van der Waals surface area contributed by atoms with Gasteiger partial charge < -0.3 is 14.7 Å². The van der Waals surface area contributed by atoms with Gasteiger partial charge in [-0.25, -0.2) is 4.79 Å². The number of rotatable bonds is 6. The van der Waals surface area contributed by atoms with Crippen LogP contribution in [0.25, 0.3) is 0 Å². The standard InChI is InChI=1S/C10H17NO4S/c1-15-5-6-16-7-9(12)11-4-2-3-8(11)10(13)14/h8H,2-7H2,1H3,(H,13,14)/t8-/m0/s1. The Bertz CT molecular complexity index is 259. The quantitative estimate of drug-likeness (QED) is 0.690. The molecule has 16 heavy (non-hydrogen) atoms. The smallest absolute Gasteiger partial charge is 0.326 e. The van der Waals surface area contributed by atoms with E-state index in [1.807, 2.05) is 0 Å². The minimum Gasteiger partial charge on any atom is -0.480 e. The highest BCUT2D eigenvalue weighted by molar-refractivity contribution is 7.99. The molecule has 1 N–H and O–H groups in total. The summed E-state index contributed by atoms with van der Waals surface area (Å²) in [5.41, 5.74) is 0. The third-order valence-electron chi connectivity index (χ3n) is 2.52. The average Bonchev–Trinajstić information content (AvgIpc) is 2.73. The topological polar surface area (TPSA) is 66.8 Å². The molecular weight excluding hydrogens is 230 g/mol. The molecule has 1 amide bonds. The van der Waals surface area contributed by atoms with Crippen LogP contribution in [0.2, 0.25) is 0 Å². The molecule has 1 aliphatic rings. The lowest BCUT2D eigenvalue weighted by atomic mass is 10.2. The number of hydrogen-bond donors (Lipinski definition) is 1. The Labute approximate surface area is 99.1 Å². The molecule has 1 heterocycles. The normalized spacial score (nSPS) is 20.1. The van der Waals surface area contributed by atoms with Crippen LogP contribution >= 0.6 is 11.8 Å². The van der Waals surface area contributed by atoms with Crippen molar-refractivity contribution >= 4 is 23.6 Å². The largest absolute Gasteiger partial charge is 0.480 e. The highest BCUT2D eigenvalue weighted by Gasteiger charge is 2.33. The number of likely N-dealkylation sites (tertiary alicyclic amines) is 1. The number of aliphatic carboxylic acids is 1. The predicted molar refractivity (Wildman–Crippen MR) is 61.6 cm³/mol. The molecule has 0 bridgehead atoms. The lowest BCUT2D eigenvalue weighted by Crippen LogP contribution is -2.41. The Kier molecular flexibility index (Phi) is 5.62. The van der Waals surface area contributed by atoms with E-state index in [4.69, 9.17) is 9.84 Å². The van der Waals surface area contributed by atoms with Gasteiger partial charge in [0.25, 0.3) is 0 Å². The average molecular weight is 247 g/mol. The van der Waals surface area contributed by atoms with E-state index in [0.29, 0.717) is 25.3 Å². The lowest BCUT2D eigenvalue weighted by Gasteiger charge is -2.21. The summed E-state index contributed by atoms with van der Waals surface area (Å²) in [5.74, 6) is 0.125. The maximum absolute atomic E-state index is 11.7. The zero-order valence-corrected chi connectivity index (χ0v) is 10.2. The van der Waals surface area contributed by atoms with E-state index in [-0.39, 0.29) is 5.91 Å². The highest BCUT2D eigenvalue weighted by atomic mass is 32.2. The minimum atomic E-state index is -0.896. The molecule has 1 rings (SSSR count). The van der Waals surface area contributed by atoms with Gasteiger partial charge in [-0.15, -0.1) is 11.8 Å². The van der Waals surface area contributed by atoms with Gasteiger partial charge in [-0.1, -0.05) is 0 Å². The Balaban J connectivity index is 2.32. The summed E-state index contributed by atoms with van der Waals surface area (Å²) >= 11 is 1.48. The fourth-order valence-electron chi connectivity index (χ4n) is 1.71. The van der Waals surface area contributed by atoms with Crippen LogP contribution in [-0.4, -0.2) is 59.7 Å². The van der Waals surface area contributed by atoms with E-state index >= 15 is 0 Å². The van der Waals surface area contributed by atoms with Crippen LogP contribution in [0.15, 0.2) is 0 Å². The number of carbonyl (C=O) groups excluding carboxylic acids is 1. The molecule has 0 unspecified atom stereocenters. The Morgan fingerprint density at radius 2 is 2.31 bits per heavy atom. The number of methoxy groups -OCH3 is 1. The van der Waals surface area contributed by atoms with Crippen LogP contribution in [0.3, 0.4) is 0 Å². The van der Waals surface area contributed by atoms with Crippen molar-refractivity contribution in [1.29, 1.82) is 0 Å². The van der Waals surface area contributed by atoms with Crippen molar-refractivity contribution in [3.63, 3.8) is 0 Å². The number of carboxylic acid groups (broad SMARTS) is 1. The third-order valence-corrected chi connectivity index (χ3v) is 3.42. The van der Waals surface area contributed by atoms with Crippen molar-refractivity contribution in [3.8, 4) is 0 Å². The van der Waals surface area contributed by atoms with Crippen LogP contribution < -0.4 is 0 Å². The van der Waals surface area contributed by atoms with Gasteiger partial charge >= 0.3 is 5.97 Å². The first-order chi connectivity index (χ1) is 7.66. The maximum atomic E-state index is 11.7. The number of nitrogens with zero attached hydrogens (tertiary/aromatic N) is 1. The van der Waals surface area contributed by atoms with Gasteiger partial charge in [0.1, 0.15) is 6.04 Å². The van der Waals surface area contributed by atoms with E-state index in [0.717, 1.165) is 12.2 Å². The fraction of sp³-hybridized carbons (Fsp3) is 0.800. The van der Waals surface area contributed by atoms with E-state index < -0.39 is 12.0 Å². The van der Waals surface area contributed by atoms with Crippen molar-refractivity contribution in [2.75, 3.05) is 31.8 Å². The Morgan fingerprint density at radius 3 is 2.94 bits per heavy atom. The minimum absolute atomic E-state index is 0.0778. The number of amides is 1. The molecule has 0 aromatic heterocycles. The van der Waals surface area contributed by atoms with Crippen LogP contribution in [0, 0.1) is 0 Å². The molecule has 1 aliphatic heterocycles. The molecule has 5 nitrogen and oxygen atoms in total. The zero-order chi connectivity index (χ0) is 12.0. The van der Waals surface area contributed by atoms with Gasteiger partial charge in [0.15, 0.2) is 0 Å². The molecule has 0 aliphatic carbocycles. The van der Waals surface area contributed by atoms with Crippen LogP contribution in [0.4, 0.5) is 0 Å². The SMILES string of the molecule is COCCSCC(=O)N1CCC[C@H]1C(=O)O. The van der Waals surface area contributed by atoms with Crippen LogP contribution in [0.1, 0.15) is 12.8 Å². The molecule has 0 aromatic carbocycles. The van der Waals surface area contributed by atoms with E-state index in [1.54, 1.807) is 7.11 Å². The van der Waals surface area contributed by atoms with E-state index in [9.17, 15) is 9.59 Å². The molecule has 6 heteroatoms. The van der Waals surface area contributed by atoms with Crippen molar-refractivity contribution in [3.05, 3.63) is 0 Å². The number of ether oxygens (including phenoxy) is 1. The summed E-state index contributed by atoms with van der Waals surface area (Å²) in [5, 5.41) is 8.92. The summed E-state index contributed by atoms with van der Waals surface area (Å²) in [6.45, 7) is 1.18. The first kappa shape index (κ1) is 13.3. The number of carbonyl (C=O) groups is 2. The van der Waals surface area contributed by atoms with Crippen molar-refractivity contribution in [2.24, 2.45) is 0 Å². The fourth-order valence-corrected chi connectivity index (χ4v) is 2.48. The summed E-state index contributed by atoms with van der Waals surface area (Å²) in [6.07, 6.45) is 1.36. The molecule has 1 fully saturated rings. The Hall–Kier alpha value is -0.750. The third kappa shape index (κ3) is 3.68. The second-order valence-corrected chi connectivity index (χ2v) is 4.73. The molecular formula is C10H17NO4S. The van der Waals surface area contributed by atoms with E-state index in [1.165, 1.54) is 16.7 Å². The van der Waals surface area contributed by atoms with Crippen molar-refractivity contribution in [1.82, 2.24) is 4.90 Å². The molecule has 1 atom stereocenters. The molecule has 0 aromatic rings. The molecule has 0 radical (unpaired) electrons. The van der Waals surface area contributed by atoms with Gasteiger partial charge in [-0.3, -0.25) is 4.79 Å². The monoisotopic (exact) mass is 247 g/mol. The summed E-state index contributed by atoms with van der Waals surface area (Å²) in [6, 6.07) is -0.615. The van der Waals surface area contributed by atoms with Gasteiger partial charge in [-0.05, 0) is 12.8 Å². The molecule has 0 spiro atoms. The summed E-state index contributed by atoms with van der Waals surface area (Å²) in [4.78, 5) is 24.1. The second-order valence-electron chi connectivity index (χ2n) is 3.63. The number of carboxylic acids is 1. The summed E-state index contributed by atoms with van der Waals surface area (Å²) < 4.78 is 4.87. The van der Waals surface area contributed by atoms with Crippen LogP contribution in [0.5, 0.6) is 0 Å². The first-order valence-corrected chi connectivity index (χ1v) is 6.41. The Morgan fingerprint density at radius 1 is 1.56 bits per heavy atom. The zero-order valence-electron chi connectivity index (χ0n) is 9.35. The predicted octanol–water partition coefficient (Wildman–Crippen LogP) is 0.442. The first-order valence-electron chi connectivity index (χ1n) is 5.25. The van der Waals surface area contributed by atoms with Crippen LogP contribution in [-0.2, 0) is 14.3 Å². The van der Waals surface area contributed by atoms with Crippen molar-refractivity contribution < 1.29 is 19.4 Å². The molecule has 1 saturated heterocycles. The van der Waals surface area contributed by atoms with Gasteiger partial charge in [0.2, 0.25) is 5.91 Å². The van der Waals surface area contributed by atoms with Gasteiger partial charge in [0, 0.05) is 19.4 Å². The molecule has 0 saturated carbocycles.